The average molecular weight is 425 g/mol. The van der Waals surface area contributed by atoms with Crippen LogP contribution in [0.15, 0.2) is 48.5 Å². The van der Waals surface area contributed by atoms with Gasteiger partial charge < -0.3 is 25.8 Å². The summed E-state index contributed by atoms with van der Waals surface area (Å²) in [5.74, 6) is -0.148. The van der Waals surface area contributed by atoms with Crippen LogP contribution in [-0.4, -0.2) is 50.7 Å². The number of rotatable bonds is 7. The molecule has 0 unspecified atom stereocenters. The molecule has 166 valence electrons. The van der Waals surface area contributed by atoms with Gasteiger partial charge in [0.05, 0.1) is 32.7 Å². The molecule has 0 aliphatic carbocycles. The Bertz CT molecular complexity index is 857. The number of nitrogens with zero attached hydrogens (tertiary/aromatic N) is 1. The van der Waals surface area contributed by atoms with Gasteiger partial charge in [0.2, 0.25) is 0 Å². The summed E-state index contributed by atoms with van der Waals surface area (Å²) in [6.07, 6.45) is 0. The van der Waals surface area contributed by atoms with E-state index in [1.54, 1.807) is 17.0 Å². The summed E-state index contributed by atoms with van der Waals surface area (Å²) in [7, 11) is 0. The zero-order chi connectivity index (χ0) is 22.2. The zero-order valence-corrected chi connectivity index (χ0v) is 18.7. The first kappa shape index (κ1) is 22.6. The number of piperazine rings is 1. The van der Waals surface area contributed by atoms with Crippen LogP contribution in [0.4, 0.5) is 16.2 Å². The third kappa shape index (κ3) is 6.72. The maximum absolute atomic E-state index is 12.6. The Kier molecular flexibility index (Phi) is 7.89. The quantitative estimate of drug-likeness (QED) is 0.548. The fraction of sp³-hybridized carbons (Fsp3) is 0.417. The van der Waals surface area contributed by atoms with Gasteiger partial charge in [-0.2, -0.15) is 0 Å². The number of carbonyl (C=O) groups is 2. The molecule has 2 aromatic carbocycles. The van der Waals surface area contributed by atoms with Gasteiger partial charge in [-0.25, -0.2) is 4.79 Å². The predicted octanol–water partition coefficient (Wildman–Crippen LogP) is 1.87. The minimum Gasteiger partial charge on any atom is -0.360 e. The normalized spacial score (nSPS) is 14.4. The van der Waals surface area contributed by atoms with E-state index in [-0.39, 0.29) is 18.0 Å². The molecule has 0 saturated carbocycles. The molecule has 1 saturated heterocycles. The van der Waals surface area contributed by atoms with Gasteiger partial charge in [-0.15, -0.1) is 0 Å². The summed E-state index contributed by atoms with van der Waals surface area (Å²) in [6.45, 7) is 12.1. The molecule has 0 bridgehead atoms. The van der Waals surface area contributed by atoms with E-state index in [1.807, 2.05) is 38.1 Å². The fourth-order valence-corrected chi connectivity index (χ4v) is 3.66. The van der Waals surface area contributed by atoms with Gasteiger partial charge in [0.15, 0.2) is 0 Å². The number of hydrogen-bond donors (Lipinski definition) is 4. The Hall–Kier alpha value is -3.06. The summed E-state index contributed by atoms with van der Waals surface area (Å²) in [6, 6.07) is 15.2. The Labute approximate surface area is 184 Å². The van der Waals surface area contributed by atoms with Gasteiger partial charge in [0.1, 0.15) is 0 Å². The van der Waals surface area contributed by atoms with E-state index >= 15 is 0 Å². The Morgan fingerprint density at radius 2 is 1.65 bits per heavy atom. The van der Waals surface area contributed by atoms with Gasteiger partial charge >= 0.3 is 6.03 Å². The van der Waals surface area contributed by atoms with Crippen molar-refractivity contribution in [2.24, 2.45) is 0 Å². The second-order valence-electron chi connectivity index (χ2n) is 8.27. The summed E-state index contributed by atoms with van der Waals surface area (Å²) < 4.78 is 0. The van der Waals surface area contributed by atoms with Crippen molar-refractivity contribution >= 4 is 23.3 Å². The number of nitrogens with one attached hydrogen (secondary N) is 4. The highest BCUT2D eigenvalue weighted by molar-refractivity contribution is 6.04. The van der Waals surface area contributed by atoms with Crippen LogP contribution in [0.3, 0.4) is 0 Å². The molecule has 0 aromatic heterocycles. The molecule has 3 amide bonds. The van der Waals surface area contributed by atoms with Crippen molar-refractivity contribution in [1.29, 1.82) is 0 Å². The van der Waals surface area contributed by atoms with Crippen LogP contribution in [0.2, 0.25) is 0 Å². The number of carbonyl (C=O) groups excluding carboxylic acids is 2. The lowest BCUT2D eigenvalue weighted by Crippen LogP contribution is -3.14. The summed E-state index contributed by atoms with van der Waals surface area (Å²) >= 11 is 0. The van der Waals surface area contributed by atoms with Crippen LogP contribution in [0.5, 0.6) is 0 Å². The van der Waals surface area contributed by atoms with Crippen molar-refractivity contribution in [2.75, 3.05) is 42.9 Å². The van der Waals surface area contributed by atoms with E-state index in [0.29, 0.717) is 12.1 Å². The number of likely N-dealkylation sites (N-methyl/N-ethyl adjacent to an activating group) is 1. The molecule has 4 N–H and O–H groups in total. The molecule has 0 spiro atoms. The van der Waals surface area contributed by atoms with Crippen molar-refractivity contribution in [1.82, 2.24) is 10.6 Å². The van der Waals surface area contributed by atoms with Gasteiger partial charge in [0.25, 0.3) is 5.91 Å². The summed E-state index contributed by atoms with van der Waals surface area (Å²) in [5, 5.41) is 8.54. The molecule has 1 aliphatic heterocycles. The first-order valence-corrected chi connectivity index (χ1v) is 11.1. The monoisotopic (exact) mass is 424 g/mol. The smallest absolute Gasteiger partial charge is 0.315 e. The third-order valence-corrected chi connectivity index (χ3v) is 5.55. The van der Waals surface area contributed by atoms with E-state index in [9.17, 15) is 9.59 Å². The van der Waals surface area contributed by atoms with E-state index in [1.165, 1.54) is 25.3 Å². The lowest BCUT2D eigenvalue weighted by atomic mass is 10.1. The SMILES string of the molecule is CC[NH+]1CCN(c2ccc(NC(=O)c3ccc(CNC(=O)NC(C)C)cc3)cc2)CC1. The topological polar surface area (TPSA) is 77.9 Å². The van der Waals surface area contributed by atoms with Crippen LogP contribution < -0.4 is 25.8 Å². The van der Waals surface area contributed by atoms with Gasteiger partial charge in [-0.1, -0.05) is 12.1 Å². The lowest BCUT2D eigenvalue weighted by Gasteiger charge is -2.33. The Morgan fingerprint density at radius 1 is 1.00 bits per heavy atom. The molecular weight excluding hydrogens is 390 g/mol. The summed E-state index contributed by atoms with van der Waals surface area (Å²) in [4.78, 5) is 28.3. The average Bonchev–Trinajstić information content (AvgIpc) is 2.78. The second-order valence-corrected chi connectivity index (χ2v) is 8.27. The van der Waals surface area contributed by atoms with Crippen LogP contribution in [0.25, 0.3) is 0 Å². The number of anilines is 2. The van der Waals surface area contributed by atoms with Crippen molar-refractivity contribution in [3.8, 4) is 0 Å². The van der Waals surface area contributed by atoms with Crippen molar-refractivity contribution in [3.63, 3.8) is 0 Å². The van der Waals surface area contributed by atoms with Crippen molar-refractivity contribution in [2.45, 2.75) is 33.4 Å². The molecule has 1 heterocycles. The van der Waals surface area contributed by atoms with Crippen LogP contribution in [0.1, 0.15) is 36.7 Å². The van der Waals surface area contributed by atoms with E-state index in [0.717, 1.165) is 24.3 Å². The van der Waals surface area contributed by atoms with Crippen molar-refractivity contribution in [3.05, 3.63) is 59.7 Å². The molecule has 1 aliphatic rings. The maximum atomic E-state index is 12.6. The third-order valence-electron chi connectivity index (χ3n) is 5.55. The first-order chi connectivity index (χ1) is 14.9. The molecular formula is C24H34N5O2+. The van der Waals surface area contributed by atoms with E-state index < -0.39 is 0 Å². The van der Waals surface area contributed by atoms with Crippen LogP contribution >= 0.6 is 0 Å². The highest BCUT2D eigenvalue weighted by Crippen LogP contribution is 2.18. The summed E-state index contributed by atoms with van der Waals surface area (Å²) in [5.41, 5.74) is 3.50. The number of quaternary nitrogens is 1. The molecule has 2 aromatic rings. The molecule has 0 radical (unpaired) electrons. The van der Waals surface area contributed by atoms with Crippen molar-refractivity contribution < 1.29 is 14.5 Å². The van der Waals surface area contributed by atoms with Gasteiger partial charge in [-0.05, 0) is 62.7 Å². The number of amides is 3. The van der Waals surface area contributed by atoms with Gasteiger partial charge in [-0.3, -0.25) is 4.79 Å². The Balaban J connectivity index is 1.50. The lowest BCUT2D eigenvalue weighted by molar-refractivity contribution is -0.898. The molecule has 3 rings (SSSR count). The molecule has 7 heteroatoms. The Morgan fingerprint density at radius 3 is 2.23 bits per heavy atom. The number of hydrogen-bond acceptors (Lipinski definition) is 3. The molecule has 0 atom stereocenters. The zero-order valence-electron chi connectivity index (χ0n) is 18.7. The molecule has 1 fully saturated rings. The highest BCUT2D eigenvalue weighted by Gasteiger charge is 2.18. The number of urea groups is 1. The minimum atomic E-state index is -0.200. The fourth-order valence-electron chi connectivity index (χ4n) is 3.66. The van der Waals surface area contributed by atoms with E-state index in [2.05, 4.69) is 39.9 Å². The largest absolute Gasteiger partial charge is 0.360 e. The van der Waals surface area contributed by atoms with Crippen LogP contribution in [-0.2, 0) is 6.54 Å². The second kappa shape index (κ2) is 10.8. The predicted molar refractivity (Wildman–Crippen MR) is 125 cm³/mol. The maximum Gasteiger partial charge on any atom is 0.315 e. The minimum absolute atomic E-state index is 0.0902. The standard InChI is InChI=1S/C24H33N5O2/c1-4-28-13-15-29(16-14-28)22-11-9-21(10-12-22)27-23(30)20-7-5-19(6-8-20)17-25-24(31)26-18(2)3/h5-12,18H,4,13-17H2,1-3H3,(H,27,30)(H2,25,26,31)/p+1. The van der Waals surface area contributed by atoms with E-state index in [4.69, 9.17) is 0 Å². The first-order valence-electron chi connectivity index (χ1n) is 11.1. The van der Waals surface area contributed by atoms with Crippen LogP contribution in [0, 0.1) is 0 Å². The molecule has 31 heavy (non-hydrogen) atoms. The highest BCUT2D eigenvalue weighted by atomic mass is 16.2. The van der Waals surface area contributed by atoms with Gasteiger partial charge in [0, 0.05) is 29.5 Å². The molecule has 7 nitrogen and oxygen atoms in total. The number of benzene rings is 2.